The lowest BCUT2D eigenvalue weighted by Crippen LogP contribution is -2.53. The lowest BCUT2D eigenvalue weighted by Gasteiger charge is -2.41. The summed E-state index contributed by atoms with van der Waals surface area (Å²) >= 11 is 0. The summed E-state index contributed by atoms with van der Waals surface area (Å²) in [4.78, 5) is 25.2. The Bertz CT molecular complexity index is 339. The summed E-state index contributed by atoms with van der Waals surface area (Å²) in [5.41, 5.74) is 11.1. The third kappa shape index (κ3) is 3.02. The van der Waals surface area contributed by atoms with Crippen molar-refractivity contribution in [2.45, 2.75) is 62.9 Å². The maximum Gasteiger partial charge on any atom is 0.224 e. The Morgan fingerprint density at radius 2 is 1.94 bits per heavy atom. The van der Waals surface area contributed by atoms with Crippen LogP contribution in [0.4, 0.5) is 0 Å². The van der Waals surface area contributed by atoms with E-state index in [1.807, 2.05) is 4.90 Å². The van der Waals surface area contributed by atoms with E-state index in [0.29, 0.717) is 6.42 Å². The van der Waals surface area contributed by atoms with Crippen molar-refractivity contribution in [2.75, 3.05) is 6.54 Å². The van der Waals surface area contributed by atoms with Gasteiger partial charge in [-0.1, -0.05) is 0 Å². The van der Waals surface area contributed by atoms with E-state index >= 15 is 0 Å². The first-order chi connectivity index (χ1) is 8.50. The number of nitrogens with zero attached hydrogens (tertiary/aromatic N) is 1. The second-order valence-corrected chi connectivity index (χ2v) is 5.80. The molecular formula is C13H23N3O2. The number of carbonyl (C=O) groups excluding carboxylic acids is 2. The van der Waals surface area contributed by atoms with Gasteiger partial charge in [-0.3, -0.25) is 9.59 Å². The van der Waals surface area contributed by atoms with E-state index < -0.39 is 0 Å². The minimum atomic E-state index is -0.328. The van der Waals surface area contributed by atoms with Crippen LogP contribution in [0.15, 0.2) is 0 Å². The maximum atomic E-state index is 12.3. The van der Waals surface area contributed by atoms with Crippen LogP contribution in [0.5, 0.6) is 0 Å². The zero-order valence-corrected chi connectivity index (χ0v) is 10.9. The van der Waals surface area contributed by atoms with E-state index in [-0.39, 0.29) is 29.8 Å². The molecule has 0 aromatic carbocycles. The van der Waals surface area contributed by atoms with Gasteiger partial charge >= 0.3 is 0 Å². The van der Waals surface area contributed by atoms with Crippen LogP contribution in [0, 0.1) is 0 Å². The Labute approximate surface area is 108 Å². The first kappa shape index (κ1) is 13.3. The van der Waals surface area contributed by atoms with Gasteiger partial charge in [0.2, 0.25) is 11.8 Å². The highest BCUT2D eigenvalue weighted by Gasteiger charge is 2.37. The molecule has 2 aliphatic rings. The number of primary amides is 1. The molecular weight excluding hydrogens is 230 g/mol. The quantitative estimate of drug-likeness (QED) is 0.765. The van der Waals surface area contributed by atoms with Gasteiger partial charge in [-0.2, -0.15) is 0 Å². The molecule has 1 unspecified atom stereocenters. The summed E-state index contributed by atoms with van der Waals surface area (Å²) < 4.78 is 0. The Morgan fingerprint density at radius 3 is 2.50 bits per heavy atom. The Hall–Kier alpha value is -1.10. The SMILES string of the molecule is NC(=O)CC1CCCCN1C(=O)CC1(N)CCC1. The van der Waals surface area contributed by atoms with Gasteiger partial charge in [0, 0.05) is 31.0 Å². The predicted molar refractivity (Wildman–Crippen MR) is 68.5 cm³/mol. The summed E-state index contributed by atoms with van der Waals surface area (Å²) in [6.07, 6.45) is 6.65. The maximum absolute atomic E-state index is 12.3. The molecule has 2 fully saturated rings. The Kier molecular flexibility index (Phi) is 3.90. The molecule has 0 radical (unpaired) electrons. The standard InChI is InChI=1S/C13H23N3O2/c14-11(17)8-10-4-1-2-7-16(10)12(18)9-13(15)5-3-6-13/h10H,1-9,15H2,(H2,14,17). The highest BCUT2D eigenvalue weighted by atomic mass is 16.2. The minimum absolute atomic E-state index is 0.00701. The van der Waals surface area contributed by atoms with Crippen molar-refractivity contribution in [1.82, 2.24) is 4.90 Å². The molecule has 0 aromatic heterocycles. The first-order valence-electron chi connectivity index (χ1n) is 6.87. The number of rotatable bonds is 4. The molecule has 18 heavy (non-hydrogen) atoms. The van der Waals surface area contributed by atoms with Crippen LogP contribution in [0.25, 0.3) is 0 Å². The second kappa shape index (κ2) is 5.26. The predicted octanol–water partition coefficient (Wildman–Crippen LogP) is 0.514. The van der Waals surface area contributed by atoms with E-state index in [4.69, 9.17) is 11.5 Å². The van der Waals surface area contributed by atoms with Crippen LogP contribution in [-0.2, 0) is 9.59 Å². The number of carbonyl (C=O) groups is 2. The van der Waals surface area contributed by atoms with Crippen LogP contribution in [-0.4, -0.2) is 34.8 Å². The summed E-state index contributed by atoms with van der Waals surface area (Å²) in [6.45, 7) is 0.743. The van der Waals surface area contributed by atoms with Gasteiger partial charge in [-0.25, -0.2) is 0 Å². The van der Waals surface area contributed by atoms with Crippen molar-refractivity contribution >= 4 is 11.8 Å². The molecule has 2 rings (SSSR count). The van der Waals surface area contributed by atoms with Crippen molar-refractivity contribution in [1.29, 1.82) is 0 Å². The van der Waals surface area contributed by atoms with Gasteiger partial charge in [0.05, 0.1) is 0 Å². The molecule has 1 aliphatic heterocycles. The molecule has 5 nitrogen and oxygen atoms in total. The monoisotopic (exact) mass is 253 g/mol. The van der Waals surface area contributed by atoms with Gasteiger partial charge in [0.1, 0.15) is 0 Å². The van der Waals surface area contributed by atoms with Gasteiger partial charge in [0.25, 0.3) is 0 Å². The third-order valence-electron chi connectivity index (χ3n) is 4.24. The molecule has 1 saturated carbocycles. The third-order valence-corrected chi connectivity index (χ3v) is 4.24. The minimum Gasteiger partial charge on any atom is -0.370 e. The fraction of sp³-hybridized carbons (Fsp3) is 0.846. The zero-order chi connectivity index (χ0) is 13.2. The van der Waals surface area contributed by atoms with E-state index in [1.165, 1.54) is 0 Å². The number of amides is 2. The summed E-state index contributed by atoms with van der Waals surface area (Å²) in [5, 5.41) is 0. The van der Waals surface area contributed by atoms with E-state index in [2.05, 4.69) is 0 Å². The lowest BCUT2D eigenvalue weighted by molar-refractivity contribution is -0.137. The van der Waals surface area contributed by atoms with E-state index in [9.17, 15) is 9.59 Å². The van der Waals surface area contributed by atoms with Crippen molar-refractivity contribution in [3.8, 4) is 0 Å². The molecule has 5 heteroatoms. The van der Waals surface area contributed by atoms with Crippen LogP contribution in [0.1, 0.15) is 51.4 Å². The average Bonchev–Trinajstić information content (AvgIpc) is 2.26. The summed E-state index contributed by atoms with van der Waals surface area (Å²) in [6, 6.07) is -0.00701. The molecule has 4 N–H and O–H groups in total. The van der Waals surface area contributed by atoms with Crippen molar-refractivity contribution in [2.24, 2.45) is 11.5 Å². The van der Waals surface area contributed by atoms with Gasteiger partial charge in [-0.15, -0.1) is 0 Å². The second-order valence-electron chi connectivity index (χ2n) is 5.80. The van der Waals surface area contributed by atoms with Gasteiger partial charge in [-0.05, 0) is 38.5 Å². The van der Waals surface area contributed by atoms with Crippen LogP contribution in [0.2, 0.25) is 0 Å². The zero-order valence-electron chi connectivity index (χ0n) is 10.9. The number of piperidine rings is 1. The van der Waals surface area contributed by atoms with Gasteiger partial charge < -0.3 is 16.4 Å². The van der Waals surface area contributed by atoms with E-state index in [0.717, 1.165) is 45.1 Å². The molecule has 0 bridgehead atoms. The van der Waals surface area contributed by atoms with Gasteiger partial charge in [0.15, 0.2) is 0 Å². The van der Waals surface area contributed by atoms with E-state index in [1.54, 1.807) is 0 Å². The van der Waals surface area contributed by atoms with Crippen LogP contribution < -0.4 is 11.5 Å². The number of hydrogen-bond donors (Lipinski definition) is 2. The van der Waals surface area contributed by atoms with Crippen molar-refractivity contribution in [3.63, 3.8) is 0 Å². The lowest BCUT2D eigenvalue weighted by atomic mass is 9.75. The normalized spacial score (nSPS) is 26.5. The fourth-order valence-corrected chi connectivity index (χ4v) is 2.98. The summed E-state index contributed by atoms with van der Waals surface area (Å²) in [7, 11) is 0. The number of hydrogen-bond acceptors (Lipinski definition) is 3. The topological polar surface area (TPSA) is 89.4 Å². The van der Waals surface area contributed by atoms with Crippen LogP contribution in [0.3, 0.4) is 0 Å². The Morgan fingerprint density at radius 1 is 1.22 bits per heavy atom. The van der Waals surface area contributed by atoms with Crippen molar-refractivity contribution in [3.05, 3.63) is 0 Å². The largest absolute Gasteiger partial charge is 0.370 e. The molecule has 1 aliphatic carbocycles. The smallest absolute Gasteiger partial charge is 0.224 e. The fourth-order valence-electron chi connectivity index (χ4n) is 2.98. The first-order valence-corrected chi connectivity index (χ1v) is 6.87. The van der Waals surface area contributed by atoms with Crippen LogP contribution >= 0.6 is 0 Å². The molecule has 1 saturated heterocycles. The average molecular weight is 253 g/mol. The molecule has 102 valence electrons. The highest BCUT2D eigenvalue weighted by molar-refractivity contribution is 5.80. The molecule has 0 spiro atoms. The molecule has 1 atom stereocenters. The Balaban J connectivity index is 1.94. The number of nitrogens with two attached hydrogens (primary N) is 2. The molecule has 2 amide bonds. The number of likely N-dealkylation sites (tertiary alicyclic amines) is 1. The molecule has 1 heterocycles. The highest BCUT2D eigenvalue weighted by Crippen LogP contribution is 2.33. The summed E-state index contributed by atoms with van der Waals surface area (Å²) in [5.74, 6) is -0.228. The molecule has 0 aromatic rings. The van der Waals surface area contributed by atoms with Crippen molar-refractivity contribution < 1.29 is 9.59 Å².